The number of benzene rings is 2. The standard InChI is InChI=1S/C26H32O4/c1-15-11-21(12-16(2)19(15)5)25(27)29-23-7-9-24(10-8-23)30-26(28)22-13-17(3)20(6)18(4)14-22/h11-14,23-24H,7-10H2,1-6H3. The molecule has 30 heavy (non-hydrogen) atoms. The van der Waals surface area contributed by atoms with Gasteiger partial charge < -0.3 is 9.47 Å². The van der Waals surface area contributed by atoms with Crippen molar-refractivity contribution in [1.29, 1.82) is 0 Å². The summed E-state index contributed by atoms with van der Waals surface area (Å²) in [5.74, 6) is -0.542. The maximum Gasteiger partial charge on any atom is 0.338 e. The Balaban J connectivity index is 1.54. The lowest BCUT2D eigenvalue weighted by molar-refractivity contribution is -0.0108. The molecule has 2 aromatic rings. The molecule has 1 aliphatic carbocycles. The van der Waals surface area contributed by atoms with Crippen LogP contribution in [0.3, 0.4) is 0 Å². The fourth-order valence-corrected chi connectivity index (χ4v) is 4.01. The summed E-state index contributed by atoms with van der Waals surface area (Å²) in [6.45, 7) is 12.2. The Morgan fingerprint density at radius 1 is 0.600 bits per heavy atom. The van der Waals surface area contributed by atoms with Crippen molar-refractivity contribution in [3.8, 4) is 0 Å². The normalized spacial score (nSPS) is 18.7. The molecule has 0 bridgehead atoms. The van der Waals surface area contributed by atoms with Gasteiger partial charge in [-0.3, -0.25) is 0 Å². The summed E-state index contributed by atoms with van der Waals surface area (Å²) in [4.78, 5) is 25.1. The summed E-state index contributed by atoms with van der Waals surface area (Å²) in [5, 5.41) is 0. The first-order chi connectivity index (χ1) is 14.2. The fraction of sp³-hybridized carbons (Fsp3) is 0.462. The van der Waals surface area contributed by atoms with Crippen LogP contribution in [0.25, 0.3) is 0 Å². The van der Waals surface area contributed by atoms with E-state index >= 15 is 0 Å². The van der Waals surface area contributed by atoms with Crippen molar-refractivity contribution in [2.24, 2.45) is 0 Å². The van der Waals surface area contributed by atoms with Gasteiger partial charge in [0, 0.05) is 0 Å². The molecule has 0 atom stereocenters. The number of rotatable bonds is 4. The Morgan fingerprint density at radius 3 is 1.13 bits per heavy atom. The van der Waals surface area contributed by atoms with Gasteiger partial charge in [-0.05, 0) is 125 Å². The molecule has 0 heterocycles. The van der Waals surface area contributed by atoms with Crippen molar-refractivity contribution in [2.75, 3.05) is 0 Å². The second-order valence-corrected chi connectivity index (χ2v) is 8.68. The summed E-state index contributed by atoms with van der Waals surface area (Å²) in [6.07, 6.45) is 2.58. The van der Waals surface area contributed by atoms with Crippen molar-refractivity contribution in [1.82, 2.24) is 0 Å². The highest BCUT2D eigenvalue weighted by molar-refractivity contribution is 5.90. The summed E-state index contributed by atoms with van der Waals surface area (Å²) >= 11 is 0. The van der Waals surface area contributed by atoms with Crippen molar-refractivity contribution in [3.63, 3.8) is 0 Å². The zero-order valence-electron chi connectivity index (χ0n) is 18.9. The van der Waals surface area contributed by atoms with E-state index < -0.39 is 0 Å². The highest BCUT2D eigenvalue weighted by Crippen LogP contribution is 2.26. The van der Waals surface area contributed by atoms with Crippen LogP contribution in [0.2, 0.25) is 0 Å². The summed E-state index contributed by atoms with van der Waals surface area (Å²) < 4.78 is 11.5. The molecule has 2 aromatic carbocycles. The average molecular weight is 409 g/mol. The van der Waals surface area contributed by atoms with Crippen LogP contribution >= 0.6 is 0 Å². The quantitative estimate of drug-likeness (QED) is 0.595. The molecule has 0 unspecified atom stereocenters. The van der Waals surface area contributed by atoms with E-state index in [1.54, 1.807) is 0 Å². The zero-order valence-corrected chi connectivity index (χ0v) is 18.9. The smallest absolute Gasteiger partial charge is 0.338 e. The van der Waals surface area contributed by atoms with Crippen LogP contribution in [0.1, 0.15) is 79.8 Å². The number of carbonyl (C=O) groups excluding carboxylic acids is 2. The number of ether oxygens (including phenoxy) is 2. The topological polar surface area (TPSA) is 52.6 Å². The Labute approximate surface area is 179 Å². The molecule has 4 heteroatoms. The molecule has 160 valence electrons. The molecule has 0 aromatic heterocycles. The Hall–Kier alpha value is -2.62. The van der Waals surface area contributed by atoms with Crippen molar-refractivity contribution < 1.29 is 19.1 Å². The van der Waals surface area contributed by atoms with E-state index in [9.17, 15) is 9.59 Å². The lowest BCUT2D eigenvalue weighted by Crippen LogP contribution is -2.30. The van der Waals surface area contributed by atoms with Crippen LogP contribution in [-0.4, -0.2) is 24.1 Å². The van der Waals surface area contributed by atoms with Gasteiger partial charge >= 0.3 is 11.9 Å². The predicted molar refractivity (Wildman–Crippen MR) is 118 cm³/mol. The molecular weight excluding hydrogens is 376 g/mol. The van der Waals surface area contributed by atoms with Crippen LogP contribution in [0, 0.1) is 41.5 Å². The van der Waals surface area contributed by atoms with Crippen LogP contribution in [0.4, 0.5) is 0 Å². The third-order valence-electron chi connectivity index (χ3n) is 6.49. The van der Waals surface area contributed by atoms with E-state index in [1.807, 2.05) is 52.0 Å². The summed E-state index contributed by atoms with van der Waals surface area (Å²) in [7, 11) is 0. The molecule has 0 amide bonds. The molecule has 1 aliphatic rings. The Kier molecular flexibility index (Phi) is 6.64. The number of hydrogen-bond donors (Lipinski definition) is 0. The Bertz CT molecular complexity index is 839. The fourth-order valence-electron chi connectivity index (χ4n) is 4.01. The third-order valence-corrected chi connectivity index (χ3v) is 6.49. The molecular formula is C26H32O4. The van der Waals surface area contributed by atoms with Gasteiger partial charge in [0.15, 0.2) is 0 Å². The lowest BCUT2D eigenvalue weighted by atomic mass is 9.94. The molecule has 0 saturated heterocycles. The maximum atomic E-state index is 12.6. The van der Waals surface area contributed by atoms with Crippen molar-refractivity contribution in [3.05, 3.63) is 68.8 Å². The molecule has 0 aliphatic heterocycles. The minimum absolute atomic E-state index is 0.127. The first kappa shape index (κ1) is 22.1. The minimum atomic E-state index is -0.271. The predicted octanol–water partition coefficient (Wildman–Crippen LogP) is 5.86. The van der Waals surface area contributed by atoms with E-state index in [0.29, 0.717) is 36.8 Å². The van der Waals surface area contributed by atoms with Gasteiger partial charge in [0.2, 0.25) is 0 Å². The van der Waals surface area contributed by atoms with Gasteiger partial charge in [-0.2, -0.15) is 0 Å². The largest absolute Gasteiger partial charge is 0.459 e. The van der Waals surface area contributed by atoms with Gasteiger partial charge in [0.25, 0.3) is 0 Å². The Morgan fingerprint density at radius 2 is 0.867 bits per heavy atom. The van der Waals surface area contributed by atoms with E-state index in [-0.39, 0.29) is 24.1 Å². The van der Waals surface area contributed by atoms with Gasteiger partial charge in [-0.1, -0.05) is 0 Å². The van der Waals surface area contributed by atoms with Gasteiger partial charge in [-0.25, -0.2) is 9.59 Å². The van der Waals surface area contributed by atoms with Crippen molar-refractivity contribution in [2.45, 2.75) is 79.4 Å². The summed E-state index contributed by atoms with van der Waals surface area (Å²) in [5.41, 5.74) is 8.00. The highest BCUT2D eigenvalue weighted by Gasteiger charge is 2.27. The number of aryl methyl sites for hydroxylation is 4. The van der Waals surface area contributed by atoms with Gasteiger partial charge in [0.1, 0.15) is 12.2 Å². The molecule has 0 spiro atoms. The SMILES string of the molecule is Cc1cc(C(=O)OC2CCC(OC(=O)c3cc(C)c(C)c(C)c3)CC2)cc(C)c1C. The molecule has 4 nitrogen and oxygen atoms in total. The monoisotopic (exact) mass is 408 g/mol. The van der Waals surface area contributed by atoms with Crippen LogP contribution < -0.4 is 0 Å². The number of esters is 2. The molecule has 1 fully saturated rings. The lowest BCUT2D eigenvalue weighted by Gasteiger charge is -2.28. The average Bonchev–Trinajstić information content (AvgIpc) is 2.70. The molecule has 3 rings (SSSR count). The van der Waals surface area contributed by atoms with E-state index in [2.05, 4.69) is 13.8 Å². The van der Waals surface area contributed by atoms with Crippen LogP contribution in [-0.2, 0) is 9.47 Å². The summed E-state index contributed by atoms with van der Waals surface area (Å²) in [6, 6.07) is 7.57. The second-order valence-electron chi connectivity index (χ2n) is 8.68. The van der Waals surface area contributed by atoms with Crippen molar-refractivity contribution >= 4 is 11.9 Å². The maximum absolute atomic E-state index is 12.6. The first-order valence-corrected chi connectivity index (χ1v) is 10.7. The van der Waals surface area contributed by atoms with Crippen LogP contribution in [0.15, 0.2) is 24.3 Å². The third kappa shape index (κ3) is 4.92. The molecule has 0 radical (unpaired) electrons. The highest BCUT2D eigenvalue weighted by atomic mass is 16.6. The molecule has 0 N–H and O–H groups in total. The van der Waals surface area contributed by atoms with Gasteiger partial charge in [-0.15, -0.1) is 0 Å². The number of carbonyl (C=O) groups is 2. The van der Waals surface area contributed by atoms with Crippen LogP contribution in [0.5, 0.6) is 0 Å². The van der Waals surface area contributed by atoms with Gasteiger partial charge in [0.05, 0.1) is 11.1 Å². The molecule has 1 saturated carbocycles. The zero-order chi connectivity index (χ0) is 22.0. The minimum Gasteiger partial charge on any atom is -0.459 e. The van der Waals surface area contributed by atoms with E-state index in [4.69, 9.17) is 9.47 Å². The van der Waals surface area contributed by atoms with E-state index in [0.717, 1.165) is 22.3 Å². The first-order valence-electron chi connectivity index (χ1n) is 10.7. The number of hydrogen-bond acceptors (Lipinski definition) is 4. The second kappa shape index (κ2) is 9.03. The van der Waals surface area contributed by atoms with E-state index in [1.165, 1.54) is 11.1 Å².